The number of ether oxygens (including phenoxy) is 1. The Labute approximate surface area is 149 Å². The molecule has 8 heteroatoms. The Kier molecular flexibility index (Phi) is 5.51. The molecular formula is C17H20F3N3OS. The Morgan fingerprint density at radius 2 is 1.92 bits per heavy atom. The van der Waals surface area contributed by atoms with Gasteiger partial charge in [0, 0.05) is 22.7 Å². The average molecular weight is 371 g/mol. The number of methoxy groups -OCH3 is 1. The number of hydrogen-bond acceptors (Lipinski definition) is 4. The predicted molar refractivity (Wildman–Crippen MR) is 94.8 cm³/mol. The summed E-state index contributed by atoms with van der Waals surface area (Å²) in [5.41, 5.74) is 0.160. The summed E-state index contributed by atoms with van der Waals surface area (Å²) in [7, 11) is 1.47. The van der Waals surface area contributed by atoms with Crippen molar-refractivity contribution >= 4 is 18.2 Å². The Morgan fingerprint density at radius 3 is 2.48 bits per heavy atom. The second-order valence-electron chi connectivity index (χ2n) is 6.44. The zero-order valence-corrected chi connectivity index (χ0v) is 15.5. The first-order valence-electron chi connectivity index (χ1n) is 7.55. The monoisotopic (exact) mass is 371 g/mol. The van der Waals surface area contributed by atoms with Crippen LogP contribution in [0.3, 0.4) is 0 Å². The van der Waals surface area contributed by atoms with E-state index in [4.69, 9.17) is 4.74 Å². The van der Waals surface area contributed by atoms with Gasteiger partial charge in [-0.1, -0.05) is 12.1 Å². The molecule has 1 aromatic carbocycles. The minimum atomic E-state index is -4.57. The number of para-hydroxylation sites is 1. The van der Waals surface area contributed by atoms with Gasteiger partial charge in [0.05, 0.1) is 7.11 Å². The second-order valence-corrected chi connectivity index (χ2v) is 8.06. The highest BCUT2D eigenvalue weighted by atomic mass is 32.2. The maximum absolute atomic E-state index is 13.3. The van der Waals surface area contributed by atoms with E-state index >= 15 is 0 Å². The van der Waals surface area contributed by atoms with Crippen molar-refractivity contribution in [1.82, 2.24) is 9.78 Å². The van der Waals surface area contributed by atoms with Crippen molar-refractivity contribution in [3.63, 3.8) is 0 Å². The van der Waals surface area contributed by atoms with Gasteiger partial charge >= 0.3 is 6.18 Å². The summed E-state index contributed by atoms with van der Waals surface area (Å²) in [6, 6.07) is 5.24. The molecule has 0 atom stereocenters. The molecule has 0 unspecified atom stereocenters. The summed E-state index contributed by atoms with van der Waals surface area (Å²) in [6.45, 7) is 7.58. The molecule has 4 nitrogen and oxygen atoms in total. The molecule has 0 spiro atoms. The third-order valence-electron chi connectivity index (χ3n) is 3.18. The van der Waals surface area contributed by atoms with Crippen molar-refractivity contribution in [2.45, 2.75) is 38.6 Å². The second kappa shape index (κ2) is 7.11. The quantitative estimate of drug-likeness (QED) is 0.556. The van der Waals surface area contributed by atoms with Crippen molar-refractivity contribution in [3.05, 3.63) is 41.2 Å². The number of alkyl halides is 3. The molecule has 0 saturated carbocycles. The highest BCUT2D eigenvalue weighted by molar-refractivity contribution is 7.99. The van der Waals surface area contributed by atoms with Crippen LogP contribution in [0.15, 0.2) is 28.8 Å². The molecule has 1 heterocycles. The van der Waals surface area contributed by atoms with Gasteiger partial charge in [0.1, 0.15) is 11.4 Å². The van der Waals surface area contributed by atoms with Crippen LogP contribution in [-0.4, -0.2) is 27.9 Å². The third-order valence-corrected chi connectivity index (χ3v) is 3.94. The van der Waals surface area contributed by atoms with Crippen molar-refractivity contribution in [2.24, 2.45) is 4.40 Å². The van der Waals surface area contributed by atoms with Crippen molar-refractivity contribution in [1.29, 1.82) is 0 Å². The number of aromatic nitrogens is 2. The fraction of sp³-hybridized carbons (Fsp3) is 0.412. The van der Waals surface area contributed by atoms with Gasteiger partial charge in [-0.2, -0.15) is 18.3 Å². The standard InChI is InChI=1S/C17H20F3N3OS/c1-11-7-6-8-13(24-5)14(11)23-10-12(9-21-25-16(2,3)4)15(22-23)17(18,19)20/h6-10H,1-5H3. The van der Waals surface area contributed by atoms with Crippen LogP contribution in [0.5, 0.6) is 5.75 Å². The van der Waals surface area contributed by atoms with E-state index < -0.39 is 11.9 Å². The normalized spacial score (nSPS) is 12.8. The van der Waals surface area contributed by atoms with E-state index in [1.165, 1.54) is 36.2 Å². The van der Waals surface area contributed by atoms with Crippen LogP contribution in [0.2, 0.25) is 0 Å². The maximum atomic E-state index is 13.3. The van der Waals surface area contributed by atoms with Crippen LogP contribution >= 0.6 is 11.9 Å². The number of benzene rings is 1. The Bertz CT molecular complexity index is 776. The SMILES string of the molecule is COc1cccc(C)c1-n1cc(C=NSC(C)(C)C)c(C(F)(F)F)n1. The summed E-state index contributed by atoms with van der Waals surface area (Å²) < 4.78 is 50.4. The molecule has 0 aliphatic rings. The number of hydrogen-bond donors (Lipinski definition) is 0. The highest BCUT2D eigenvalue weighted by Gasteiger charge is 2.37. The summed E-state index contributed by atoms with van der Waals surface area (Å²) in [5.74, 6) is 0.448. The van der Waals surface area contributed by atoms with E-state index in [0.29, 0.717) is 11.4 Å². The predicted octanol–water partition coefficient (Wildman–Crippen LogP) is 5.07. The number of halogens is 3. The van der Waals surface area contributed by atoms with Gasteiger partial charge in [0.2, 0.25) is 0 Å². The highest BCUT2D eigenvalue weighted by Crippen LogP contribution is 2.33. The third kappa shape index (κ3) is 4.78. The molecule has 25 heavy (non-hydrogen) atoms. The lowest BCUT2D eigenvalue weighted by atomic mass is 10.2. The van der Waals surface area contributed by atoms with E-state index in [-0.39, 0.29) is 10.3 Å². The smallest absolute Gasteiger partial charge is 0.435 e. The lowest BCUT2D eigenvalue weighted by Crippen LogP contribution is -2.10. The Morgan fingerprint density at radius 1 is 1.24 bits per heavy atom. The minimum Gasteiger partial charge on any atom is -0.494 e. The molecule has 2 rings (SSSR count). The average Bonchev–Trinajstić information content (AvgIpc) is 2.89. The molecule has 0 amide bonds. The van der Waals surface area contributed by atoms with Gasteiger partial charge in [0.25, 0.3) is 0 Å². The first kappa shape index (κ1) is 19.4. The molecule has 0 saturated heterocycles. The van der Waals surface area contributed by atoms with Gasteiger partial charge in [-0.15, -0.1) is 0 Å². The first-order chi connectivity index (χ1) is 11.5. The summed E-state index contributed by atoms with van der Waals surface area (Å²) in [5, 5.41) is 3.75. The lowest BCUT2D eigenvalue weighted by molar-refractivity contribution is -0.141. The van der Waals surface area contributed by atoms with Gasteiger partial charge in [0.15, 0.2) is 5.69 Å². The molecule has 0 fully saturated rings. The molecule has 0 aliphatic carbocycles. The largest absolute Gasteiger partial charge is 0.494 e. The molecule has 0 radical (unpaired) electrons. The molecule has 136 valence electrons. The first-order valence-corrected chi connectivity index (χ1v) is 8.32. The summed E-state index contributed by atoms with van der Waals surface area (Å²) in [4.78, 5) is 0. The zero-order valence-electron chi connectivity index (χ0n) is 14.7. The zero-order chi connectivity index (χ0) is 18.8. The number of nitrogens with zero attached hydrogens (tertiary/aromatic N) is 3. The maximum Gasteiger partial charge on any atom is 0.435 e. The van der Waals surface area contributed by atoms with Crippen LogP contribution in [0, 0.1) is 6.92 Å². The van der Waals surface area contributed by atoms with Crippen LogP contribution in [-0.2, 0) is 6.18 Å². The Balaban J connectivity index is 2.53. The summed E-state index contributed by atoms with van der Waals surface area (Å²) in [6.07, 6.45) is -2.05. The molecular weight excluding hydrogens is 351 g/mol. The fourth-order valence-electron chi connectivity index (χ4n) is 2.15. The van der Waals surface area contributed by atoms with Crippen molar-refractivity contribution in [2.75, 3.05) is 7.11 Å². The number of rotatable bonds is 4. The van der Waals surface area contributed by atoms with E-state index in [9.17, 15) is 13.2 Å². The van der Waals surface area contributed by atoms with Gasteiger partial charge in [-0.25, -0.2) is 9.08 Å². The summed E-state index contributed by atoms with van der Waals surface area (Å²) >= 11 is 1.20. The van der Waals surface area contributed by atoms with E-state index in [1.807, 2.05) is 20.8 Å². The van der Waals surface area contributed by atoms with Gasteiger partial charge in [-0.3, -0.25) is 0 Å². The van der Waals surface area contributed by atoms with Crippen LogP contribution in [0.4, 0.5) is 13.2 Å². The molecule has 1 aromatic heterocycles. The van der Waals surface area contributed by atoms with Crippen molar-refractivity contribution < 1.29 is 17.9 Å². The molecule has 2 aromatic rings. The van der Waals surface area contributed by atoms with Crippen molar-refractivity contribution in [3.8, 4) is 11.4 Å². The van der Waals surface area contributed by atoms with Crippen LogP contribution in [0.1, 0.15) is 37.6 Å². The van der Waals surface area contributed by atoms with Gasteiger partial charge < -0.3 is 4.74 Å². The number of aryl methyl sites for hydroxylation is 1. The van der Waals surface area contributed by atoms with Gasteiger partial charge in [-0.05, 0) is 51.3 Å². The van der Waals surface area contributed by atoms with Crippen LogP contribution < -0.4 is 4.74 Å². The van der Waals surface area contributed by atoms with Crippen LogP contribution in [0.25, 0.3) is 5.69 Å². The van der Waals surface area contributed by atoms with E-state index in [1.54, 1.807) is 25.1 Å². The fourth-order valence-corrected chi connectivity index (χ4v) is 2.63. The lowest BCUT2D eigenvalue weighted by Gasteiger charge is -2.12. The molecule has 0 aliphatic heterocycles. The van der Waals surface area contributed by atoms with E-state index in [0.717, 1.165) is 5.56 Å². The van der Waals surface area contributed by atoms with E-state index in [2.05, 4.69) is 9.50 Å². The topological polar surface area (TPSA) is 39.4 Å². The molecule has 0 bridgehead atoms. The minimum absolute atomic E-state index is 0.0884. The molecule has 0 N–H and O–H groups in total. The Hall–Kier alpha value is -1.96.